The Balaban J connectivity index is 1.74. The second-order valence-electron chi connectivity index (χ2n) is 6.00. The van der Waals surface area contributed by atoms with Crippen molar-refractivity contribution in [3.8, 4) is 5.75 Å². The van der Waals surface area contributed by atoms with Crippen LogP contribution in [0.15, 0.2) is 24.3 Å². The lowest BCUT2D eigenvalue weighted by atomic mass is 9.92. The molecule has 2 atom stereocenters. The van der Waals surface area contributed by atoms with Gasteiger partial charge in [-0.2, -0.15) is 0 Å². The van der Waals surface area contributed by atoms with Gasteiger partial charge in [0.15, 0.2) is 0 Å². The maximum absolute atomic E-state index is 12.4. The van der Waals surface area contributed by atoms with E-state index in [1.165, 1.54) is 5.56 Å². The van der Waals surface area contributed by atoms with Crippen molar-refractivity contribution in [2.24, 2.45) is 5.92 Å². The number of likely N-dealkylation sites (N-methyl/N-ethyl adjacent to an activating group) is 1. The highest BCUT2D eigenvalue weighted by Gasteiger charge is 2.26. The molecule has 0 aromatic heterocycles. The van der Waals surface area contributed by atoms with Crippen LogP contribution in [0.3, 0.4) is 0 Å². The van der Waals surface area contributed by atoms with E-state index in [1.807, 2.05) is 31.3 Å². The van der Waals surface area contributed by atoms with Crippen LogP contribution in [0.25, 0.3) is 0 Å². The molecular weight excluding hydrogens is 264 g/mol. The number of piperidine rings is 1. The molecule has 4 nitrogen and oxygen atoms in total. The SMILES string of the molecule is Cc1ccc(OCCN(C)C(=O)[C@H]2CCN[C@@H](C)C2)cc1. The zero-order valence-corrected chi connectivity index (χ0v) is 13.3. The molecule has 1 aromatic carbocycles. The van der Waals surface area contributed by atoms with Gasteiger partial charge in [-0.3, -0.25) is 4.79 Å². The third kappa shape index (κ3) is 4.74. The quantitative estimate of drug-likeness (QED) is 0.904. The summed E-state index contributed by atoms with van der Waals surface area (Å²) in [5.74, 6) is 1.26. The van der Waals surface area contributed by atoms with E-state index in [9.17, 15) is 4.79 Å². The molecule has 1 saturated heterocycles. The Labute approximate surface area is 127 Å². The minimum absolute atomic E-state index is 0.158. The molecule has 0 saturated carbocycles. The minimum Gasteiger partial charge on any atom is -0.492 e. The van der Waals surface area contributed by atoms with Gasteiger partial charge in [-0.25, -0.2) is 0 Å². The maximum Gasteiger partial charge on any atom is 0.225 e. The van der Waals surface area contributed by atoms with E-state index in [4.69, 9.17) is 4.74 Å². The summed E-state index contributed by atoms with van der Waals surface area (Å²) in [7, 11) is 1.87. The second-order valence-corrected chi connectivity index (χ2v) is 6.00. The Morgan fingerprint density at radius 3 is 2.76 bits per heavy atom. The van der Waals surface area contributed by atoms with E-state index in [0.29, 0.717) is 19.2 Å². The number of nitrogens with one attached hydrogen (secondary N) is 1. The number of ether oxygens (including phenoxy) is 1. The third-order valence-corrected chi connectivity index (χ3v) is 4.07. The zero-order chi connectivity index (χ0) is 15.2. The monoisotopic (exact) mass is 290 g/mol. The lowest BCUT2D eigenvalue weighted by molar-refractivity contribution is -0.135. The first-order valence-corrected chi connectivity index (χ1v) is 7.74. The van der Waals surface area contributed by atoms with Gasteiger partial charge >= 0.3 is 0 Å². The molecule has 0 aliphatic carbocycles. The van der Waals surface area contributed by atoms with Gasteiger partial charge in [-0.1, -0.05) is 17.7 Å². The second kappa shape index (κ2) is 7.46. The summed E-state index contributed by atoms with van der Waals surface area (Å²) in [6, 6.07) is 8.42. The Kier molecular flexibility index (Phi) is 5.62. The summed E-state index contributed by atoms with van der Waals surface area (Å²) in [5.41, 5.74) is 1.22. The molecular formula is C17H26N2O2. The number of nitrogens with zero attached hydrogens (tertiary/aromatic N) is 1. The van der Waals surface area contributed by atoms with E-state index < -0.39 is 0 Å². The van der Waals surface area contributed by atoms with Crippen LogP contribution in [0.5, 0.6) is 5.75 Å². The van der Waals surface area contributed by atoms with Crippen molar-refractivity contribution >= 4 is 5.91 Å². The predicted molar refractivity (Wildman–Crippen MR) is 84.5 cm³/mol. The molecule has 0 spiro atoms. The molecule has 1 aliphatic rings. The first-order valence-electron chi connectivity index (χ1n) is 7.74. The number of carbonyl (C=O) groups excluding carboxylic acids is 1. The lowest BCUT2D eigenvalue weighted by Crippen LogP contribution is -2.43. The summed E-state index contributed by atoms with van der Waals surface area (Å²) in [6.45, 7) is 6.29. The van der Waals surface area contributed by atoms with Gasteiger partial charge in [0.2, 0.25) is 5.91 Å². The number of hydrogen-bond donors (Lipinski definition) is 1. The van der Waals surface area contributed by atoms with Crippen molar-refractivity contribution in [3.63, 3.8) is 0 Å². The van der Waals surface area contributed by atoms with E-state index in [-0.39, 0.29) is 11.8 Å². The van der Waals surface area contributed by atoms with Crippen LogP contribution in [0.4, 0.5) is 0 Å². The number of aryl methyl sites for hydroxylation is 1. The lowest BCUT2D eigenvalue weighted by Gasteiger charge is -2.30. The molecule has 4 heteroatoms. The first kappa shape index (κ1) is 15.8. The summed E-state index contributed by atoms with van der Waals surface area (Å²) < 4.78 is 5.68. The van der Waals surface area contributed by atoms with Crippen molar-refractivity contribution in [2.75, 3.05) is 26.7 Å². The molecule has 0 bridgehead atoms. The normalized spacial score (nSPS) is 21.9. The van der Waals surface area contributed by atoms with Gasteiger partial charge in [0.25, 0.3) is 0 Å². The molecule has 2 rings (SSSR count). The summed E-state index contributed by atoms with van der Waals surface area (Å²) >= 11 is 0. The fourth-order valence-electron chi connectivity index (χ4n) is 2.71. The highest BCUT2D eigenvalue weighted by Crippen LogP contribution is 2.18. The minimum atomic E-state index is 0.158. The molecule has 116 valence electrons. The number of hydrogen-bond acceptors (Lipinski definition) is 3. The van der Waals surface area contributed by atoms with Gasteiger partial charge in [0, 0.05) is 19.0 Å². The smallest absolute Gasteiger partial charge is 0.225 e. The highest BCUT2D eigenvalue weighted by molar-refractivity contribution is 5.78. The van der Waals surface area contributed by atoms with Gasteiger partial charge < -0.3 is 15.0 Å². The van der Waals surface area contributed by atoms with Crippen molar-refractivity contribution in [2.45, 2.75) is 32.7 Å². The molecule has 0 radical (unpaired) electrons. The summed E-state index contributed by atoms with van der Waals surface area (Å²) in [5, 5.41) is 3.38. The van der Waals surface area contributed by atoms with Crippen LogP contribution in [0, 0.1) is 12.8 Å². The Morgan fingerprint density at radius 1 is 1.38 bits per heavy atom. The maximum atomic E-state index is 12.4. The van der Waals surface area contributed by atoms with Gasteiger partial charge in [0.05, 0.1) is 6.54 Å². The molecule has 1 aliphatic heterocycles. The molecule has 1 N–H and O–H groups in total. The predicted octanol–water partition coefficient (Wildman–Crippen LogP) is 2.22. The fourth-order valence-corrected chi connectivity index (χ4v) is 2.71. The van der Waals surface area contributed by atoms with Crippen LogP contribution in [0.2, 0.25) is 0 Å². The highest BCUT2D eigenvalue weighted by atomic mass is 16.5. The van der Waals surface area contributed by atoms with Crippen molar-refractivity contribution in [3.05, 3.63) is 29.8 Å². The van der Waals surface area contributed by atoms with Crippen LogP contribution < -0.4 is 10.1 Å². The standard InChI is InChI=1S/C17H26N2O2/c1-13-4-6-16(7-5-13)21-11-10-19(3)17(20)15-8-9-18-14(2)12-15/h4-7,14-15,18H,8-12H2,1-3H3/t14-,15-/m0/s1. The van der Waals surface area contributed by atoms with Gasteiger partial charge in [-0.05, 0) is 45.4 Å². The van der Waals surface area contributed by atoms with Crippen molar-refractivity contribution < 1.29 is 9.53 Å². The molecule has 1 heterocycles. The summed E-state index contributed by atoms with van der Waals surface area (Å²) in [4.78, 5) is 14.2. The van der Waals surface area contributed by atoms with Crippen LogP contribution >= 0.6 is 0 Å². The molecule has 1 fully saturated rings. The number of amides is 1. The first-order chi connectivity index (χ1) is 10.1. The van der Waals surface area contributed by atoms with Crippen molar-refractivity contribution in [1.29, 1.82) is 0 Å². The van der Waals surface area contributed by atoms with Crippen LogP contribution in [0.1, 0.15) is 25.3 Å². The third-order valence-electron chi connectivity index (χ3n) is 4.07. The molecule has 21 heavy (non-hydrogen) atoms. The Bertz CT molecular complexity index is 458. The summed E-state index contributed by atoms with van der Waals surface area (Å²) in [6.07, 6.45) is 1.87. The zero-order valence-electron chi connectivity index (χ0n) is 13.3. The van der Waals surface area contributed by atoms with E-state index in [2.05, 4.69) is 19.2 Å². The van der Waals surface area contributed by atoms with Gasteiger partial charge in [-0.15, -0.1) is 0 Å². The topological polar surface area (TPSA) is 41.6 Å². The Hall–Kier alpha value is -1.55. The van der Waals surface area contributed by atoms with E-state index in [0.717, 1.165) is 25.1 Å². The Morgan fingerprint density at radius 2 is 2.10 bits per heavy atom. The van der Waals surface area contributed by atoms with E-state index in [1.54, 1.807) is 4.90 Å². The van der Waals surface area contributed by atoms with Gasteiger partial charge in [0.1, 0.15) is 12.4 Å². The van der Waals surface area contributed by atoms with Crippen LogP contribution in [-0.4, -0.2) is 43.6 Å². The largest absolute Gasteiger partial charge is 0.492 e. The molecule has 1 amide bonds. The van der Waals surface area contributed by atoms with Crippen molar-refractivity contribution in [1.82, 2.24) is 10.2 Å². The average Bonchev–Trinajstić information content (AvgIpc) is 2.48. The average molecular weight is 290 g/mol. The molecule has 0 unspecified atom stereocenters. The number of carbonyl (C=O) groups is 1. The molecule has 1 aromatic rings. The van der Waals surface area contributed by atoms with Crippen LogP contribution in [-0.2, 0) is 4.79 Å². The number of rotatable bonds is 5. The number of benzene rings is 1. The fraction of sp³-hybridized carbons (Fsp3) is 0.588. The van der Waals surface area contributed by atoms with E-state index >= 15 is 0 Å².